The molecule has 1 heterocycles. The highest BCUT2D eigenvalue weighted by Crippen LogP contribution is 2.33. The van der Waals surface area contributed by atoms with Gasteiger partial charge in [0, 0.05) is 19.2 Å². The maximum atomic E-state index is 14.3. The number of aromatic nitrogens is 2. The summed E-state index contributed by atoms with van der Waals surface area (Å²) in [7, 11) is 1.46. The van der Waals surface area contributed by atoms with Crippen molar-refractivity contribution in [3.63, 3.8) is 0 Å². The molecular formula is C18H18ClF4N3O2. The normalized spacial score (nSPS) is 14.5. The Bertz CT molecular complexity index is 897. The van der Waals surface area contributed by atoms with Crippen molar-refractivity contribution in [2.45, 2.75) is 45.3 Å². The molecule has 3 rings (SSSR count). The lowest BCUT2D eigenvalue weighted by atomic mass is 10.1. The molecule has 10 heteroatoms. The van der Waals surface area contributed by atoms with Gasteiger partial charge in [-0.05, 0) is 32.6 Å². The molecule has 28 heavy (non-hydrogen) atoms. The van der Waals surface area contributed by atoms with Gasteiger partial charge in [-0.1, -0.05) is 11.6 Å². The summed E-state index contributed by atoms with van der Waals surface area (Å²) >= 11 is 5.98. The third-order valence-electron chi connectivity index (χ3n) is 4.69. The molecule has 1 N–H and O–H groups in total. The lowest BCUT2D eigenvalue weighted by Crippen LogP contribution is -2.27. The molecule has 0 radical (unpaired) electrons. The van der Waals surface area contributed by atoms with E-state index in [1.165, 1.54) is 11.7 Å². The number of halogens is 5. The van der Waals surface area contributed by atoms with Crippen molar-refractivity contribution in [2.75, 3.05) is 0 Å². The number of nitrogens with one attached hydrogen (secondary N) is 1. The molecule has 0 saturated heterocycles. The molecule has 0 aliphatic heterocycles. The average Bonchev–Trinajstić information content (AvgIpc) is 3.25. The van der Waals surface area contributed by atoms with E-state index in [4.69, 9.17) is 16.3 Å². The average molecular weight is 420 g/mol. The molecule has 1 fully saturated rings. The summed E-state index contributed by atoms with van der Waals surface area (Å²) in [5, 5.41) is 6.22. The minimum absolute atomic E-state index is 0.0397. The quantitative estimate of drug-likeness (QED) is 0.584. The molecule has 1 aromatic carbocycles. The monoisotopic (exact) mass is 419 g/mol. The maximum Gasteiger partial charge on any atom is 0.271 e. The van der Waals surface area contributed by atoms with Gasteiger partial charge >= 0.3 is 0 Å². The molecule has 152 valence electrons. The smallest absolute Gasteiger partial charge is 0.271 e. The van der Waals surface area contributed by atoms with Crippen LogP contribution in [0.3, 0.4) is 0 Å². The second-order valence-corrected chi connectivity index (χ2v) is 7.02. The second-order valence-electron chi connectivity index (χ2n) is 6.64. The van der Waals surface area contributed by atoms with Gasteiger partial charge in [0.1, 0.15) is 5.69 Å². The summed E-state index contributed by atoms with van der Waals surface area (Å²) < 4.78 is 63.6. The number of aryl methyl sites for hydroxylation is 2. The largest absolute Gasteiger partial charge is 0.484 e. The van der Waals surface area contributed by atoms with E-state index in [-0.39, 0.29) is 10.7 Å². The fourth-order valence-electron chi connectivity index (χ4n) is 3.22. The van der Waals surface area contributed by atoms with Crippen molar-refractivity contribution in [1.82, 2.24) is 15.1 Å². The number of hydrogen-bond acceptors (Lipinski definition) is 3. The summed E-state index contributed by atoms with van der Waals surface area (Å²) in [6.45, 7) is 0.793. The molecule has 1 aliphatic carbocycles. The topological polar surface area (TPSA) is 56.2 Å². The van der Waals surface area contributed by atoms with E-state index in [1.54, 1.807) is 6.92 Å². The van der Waals surface area contributed by atoms with Crippen molar-refractivity contribution in [3.8, 4) is 5.75 Å². The fourth-order valence-corrected chi connectivity index (χ4v) is 3.47. The third-order valence-corrected chi connectivity index (χ3v) is 5.14. The van der Waals surface area contributed by atoms with E-state index in [2.05, 4.69) is 10.4 Å². The Balaban J connectivity index is 1.83. The molecule has 1 saturated carbocycles. The molecule has 0 bridgehead atoms. The van der Waals surface area contributed by atoms with Gasteiger partial charge in [-0.15, -0.1) is 0 Å². The lowest BCUT2D eigenvalue weighted by molar-refractivity contribution is 0.0940. The summed E-state index contributed by atoms with van der Waals surface area (Å²) in [6, 6.07) is 0. The zero-order valence-corrected chi connectivity index (χ0v) is 16.0. The van der Waals surface area contributed by atoms with Gasteiger partial charge in [-0.2, -0.15) is 13.9 Å². The number of hydrogen-bond donors (Lipinski definition) is 1. The standard InChI is InChI=1S/C18H18ClF4N3O2/c1-8-11(19)16(26(2)25-8)18(27)24-7-10-12(20)14(22)17(15(23)13(10)21)28-9-5-3-4-6-9/h9H,3-7H2,1-2H3,(H,24,27). The van der Waals surface area contributed by atoms with Gasteiger partial charge in [0.25, 0.3) is 5.91 Å². The zero-order chi connectivity index (χ0) is 20.6. The molecule has 1 aromatic heterocycles. The van der Waals surface area contributed by atoms with Gasteiger partial charge in [-0.25, -0.2) is 8.78 Å². The zero-order valence-electron chi connectivity index (χ0n) is 15.2. The Kier molecular flexibility index (Phi) is 5.83. The van der Waals surface area contributed by atoms with Gasteiger partial charge in [-0.3, -0.25) is 9.48 Å². The fraction of sp³-hybridized carbons (Fsp3) is 0.444. The lowest BCUT2D eigenvalue weighted by Gasteiger charge is -2.17. The number of carbonyl (C=O) groups is 1. The van der Waals surface area contributed by atoms with Crippen molar-refractivity contribution in [1.29, 1.82) is 0 Å². The number of benzene rings is 1. The Morgan fingerprint density at radius 2 is 1.75 bits per heavy atom. The van der Waals surface area contributed by atoms with Crippen LogP contribution in [0, 0.1) is 30.2 Å². The predicted molar refractivity (Wildman–Crippen MR) is 93.3 cm³/mol. The summed E-state index contributed by atoms with van der Waals surface area (Å²) in [6.07, 6.45) is 2.27. The van der Waals surface area contributed by atoms with Crippen LogP contribution in [-0.2, 0) is 13.6 Å². The highest BCUT2D eigenvalue weighted by Gasteiger charge is 2.30. The van der Waals surface area contributed by atoms with Gasteiger partial charge < -0.3 is 10.1 Å². The van der Waals surface area contributed by atoms with Crippen LogP contribution in [-0.4, -0.2) is 21.8 Å². The van der Waals surface area contributed by atoms with Crippen LogP contribution in [0.15, 0.2) is 0 Å². The van der Waals surface area contributed by atoms with E-state index in [0.717, 1.165) is 12.8 Å². The first kappa shape index (κ1) is 20.4. The highest BCUT2D eigenvalue weighted by molar-refractivity contribution is 6.34. The Morgan fingerprint density at radius 3 is 2.25 bits per heavy atom. The van der Waals surface area contributed by atoms with Crippen LogP contribution in [0.25, 0.3) is 0 Å². The van der Waals surface area contributed by atoms with E-state index in [1.807, 2.05) is 0 Å². The van der Waals surface area contributed by atoms with Crippen LogP contribution in [0.4, 0.5) is 17.6 Å². The van der Waals surface area contributed by atoms with E-state index < -0.39 is 53.1 Å². The number of amides is 1. The van der Waals surface area contributed by atoms with Crippen LogP contribution < -0.4 is 10.1 Å². The Labute approximate surface area is 163 Å². The number of rotatable bonds is 5. The summed E-state index contributed by atoms with van der Waals surface area (Å²) in [5.74, 6) is -8.32. The minimum Gasteiger partial charge on any atom is -0.484 e. The van der Waals surface area contributed by atoms with Crippen LogP contribution >= 0.6 is 11.6 Å². The predicted octanol–water partition coefficient (Wildman–Crippen LogP) is 4.19. The molecule has 5 nitrogen and oxygen atoms in total. The van der Waals surface area contributed by atoms with E-state index in [9.17, 15) is 22.4 Å². The van der Waals surface area contributed by atoms with Crippen LogP contribution in [0.2, 0.25) is 5.02 Å². The number of nitrogens with zero attached hydrogens (tertiary/aromatic N) is 2. The Hall–Kier alpha value is -2.29. The van der Waals surface area contributed by atoms with Crippen molar-refractivity contribution in [2.24, 2.45) is 7.05 Å². The first-order valence-electron chi connectivity index (χ1n) is 8.71. The van der Waals surface area contributed by atoms with Gasteiger partial charge in [0.15, 0.2) is 17.4 Å². The number of carbonyl (C=O) groups excluding carboxylic acids is 1. The van der Waals surface area contributed by atoms with Crippen molar-refractivity contribution in [3.05, 3.63) is 45.2 Å². The molecule has 0 unspecified atom stereocenters. The molecule has 0 atom stereocenters. The third kappa shape index (κ3) is 3.67. The van der Waals surface area contributed by atoms with Crippen molar-refractivity contribution >= 4 is 17.5 Å². The first-order chi connectivity index (χ1) is 13.2. The maximum absolute atomic E-state index is 14.3. The molecule has 1 aliphatic rings. The molecule has 1 amide bonds. The summed E-state index contributed by atoms with van der Waals surface area (Å²) in [5.41, 5.74) is -0.601. The number of ether oxygens (including phenoxy) is 1. The van der Waals surface area contributed by atoms with Crippen molar-refractivity contribution < 1.29 is 27.1 Å². The van der Waals surface area contributed by atoms with Gasteiger partial charge in [0.05, 0.1) is 16.8 Å². The van der Waals surface area contributed by atoms with E-state index in [0.29, 0.717) is 18.5 Å². The van der Waals surface area contributed by atoms with Gasteiger partial charge in [0.2, 0.25) is 11.6 Å². The summed E-state index contributed by atoms with van der Waals surface area (Å²) in [4.78, 5) is 12.2. The SMILES string of the molecule is Cc1nn(C)c(C(=O)NCc2c(F)c(F)c(OC3CCCC3)c(F)c2F)c1Cl. The first-order valence-corrected chi connectivity index (χ1v) is 9.08. The molecule has 0 spiro atoms. The minimum atomic E-state index is -1.62. The molecule has 2 aromatic rings. The molecular weight excluding hydrogens is 402 g/mol. The van der Waals surface area contributed by atoms with Crippen LogP contribution in [0.1, 0.15) is 47.4 Å². The Morgan fingerprint density at radius 1 is 1.18 bits per heavy atom. The van der Waals surface area contributed by atoms with Crippen LogP contribution in [0.5, 0.6) is 5.75 Å². The van der Waals surface area contributed by atoms with E-state index >= 15 is 0 Å². The second kappa shape index (κ2) is 7.98. The highest BCUT2D eigenvalue weighted by atomic mass is 35.5.